The Kier molecular flexibility index (Phi) is 3.55. The number of benzene rings is 1. The first-order valence-electron chi connectivity index (χ1n) is 7.03. The number of fused-ring (bicyclic) bond motifs is 1. The second-order valence-corrected chi connectivity index (χ2v) is 5.24. The molecular weight excluding hydrogens is 262 g/mol. The first-order chi connectivity index (χ1) is 10.2. The quantitative estimate of drug-likeness (QED) is 0.882. The Hall–Kier alpha value is -2.45. The van der Waals surface area contributed by atoms with E-state index in [9.17, 15) is 5.26 Å². The number of nitriles is 1. The van der Waals surface area contributed by atoms with Gasteiger partial charge in [-0.1, -0.05) is 12.1 Å². The fraction of sp³-hybridized carbons (Fsp3) is 0.312. The number of aryl methyl sites for hydroxylation is 1. The Morgan fingerprint density at radius 1 is 1.29 bits per heavy atom. The van der Waals surface area contributed by atoms with Crippen LogP contribution in [-0.4, -0.2) is 16.7 Å². The average molecular weight is 279 g/mol. The van der Waals surface area contributed by atoms with Gasteiger partial charge < -0.3 is 10.6 Å². The summed E-state index contributed by atoms with van der Waals surface area (Å²) in [5, 5.41) is 24.3. The van der Waals surface area contributed by atoms with E-state index in [1.807, 2.05) is 26.0 Å². The normalized spacial score (nSPS) is 13.4. The maximum atomic E-state index is 9.37. The molecule has 5 heteroatoms. The van der Waals surface area contributed by atoms with Crippen molar-refractivity contribution in [3.8, 4) is 6.07 Å². The Morgan fingerprint density at radius 3 is 2.95 bits per heavy atom. The summed E-state index contributed by atoms with van der Waals surface area (Å²) in [6.07, 6.45) is 0.971. The second kappa shape index (κ2) is 5.51. The van der Waals surface area contributed by atoms with Crippen molar-refractivity contribution >= 4 is 11.5 Å². The predicted molar refractivity (Wildman–Crippen MR) is 81.4 cm³/mol. The van der Waals surface area contributed by atoms with E-state index < -0.39 is 0 Å². The molecule has 0 fully saturated rings. The molecule has 0 aliphatic carbocycles. The molecule has 0 spiro atoms. The van der Waals surface area contributed by atoms with Crippen molar-refractivity contribution in [3.05, 3.63) is 46.1 Å². The zero-order valence-electron chi connectivity index (χ0n) is 12.2. The molecule has 21 heavy (non-hydrogen) atoms. The molecule has 0 saturated heterocycles. The summed E-state index contributed by atoms with van der Waals surface area (Å²) < 4.78 is 0. The van der Waals surface area contributed by atoms with E-state index in [4.69, 9.17) is 0 Å². The van der Waals surface area contributed by atoms with Gasteiger partial charge in [-0.15, -0.1) is 5.10 Å². The lowest BCUT2D eigenvalue weighted by Crippen LogP contribution is -2.24. The van der Waals surface area contributed by atoms with Gasteiger partial charge in [0.1, 0.15) is 11.6 Å². The Labute approximate surface area is 124 Å². The lowest BCUT2D eigenvalue weighted by molar-refractivity contribution is 0.645. The van der Waals surface area contributed by atoms with Crippen LogP contribution in [0.4, 0.5) is 11.5 Å². The number of hydrogen-bond donors (Lipinski definition) is 2. The number of hydrogen-bond acceptors (Lipinski definition) is 5. The SMILES string of the molecule is Cc1nnc(Nc2cccc3c2CCNC3)c(C#N)c1C. The molecule has 1 aromatic carbocycles. The van der Waals surface area contributed by atoms with Crippen LogP contribution in [0.15, 0.2) is 18.2 Å². The molecule has 3 rings (SSSR count). The van der Waals surface area contributed by atoms with Crippen molar-refractivity contribution in [2.45, 2.75) is 26.8 Å². The van der Waals surface area contributed by atoms with Crippen molar-refractivity contribution in [2.24, 2.45) is 0 Å². The van der Waals surface area contributed by atoms with Gasteiger partial charge in [0.2, 0.25) is 0 Å². The van der Waals surface area contributed by atoms with Crippen LogP contribution in [0.5, 0.6) is 0 Å². The zero-order chi connectivity index (χ0) is 14.8. The first kappa shape index (κ1) is 13.5. The Bertz CT molecular complexity index is 730. The molecule has 2 N–H and O–H groups in total. The molecule has 0 radical (unpaired) electrons. The third-order valence-corrected chi connectivity index (χ3v) is 3.96. The fourth-order valence-electron chi connectivity index (χ4n) is 2.61. The summed E-state index contributed by atoms with van der Waals surface area (Å²) in [6, 6.07) is 8.41. The van der Waals surface area contributed by atoms with Gasteiger partial charge in [0.15, 0.2) is 5.82 Å². The van der Waals surface area contributed by atoms with Crippen LogP contribution in [0, 0.1) is 25.2 Å². The lowest BCUT2D eigenvalue weighted by Gasteiger charge is -2.21. The van der Waals surface area contributed by atoms with E-state index in [0.29, 0.717) is 11.4 Å². The Morgan fingerprint density at radius 2 is 2.14 bits per heavy atom. The smallest absolute Gasteiger partial charge is 0.171 e. The summed E-state index contributed by atoms with van der Waals surface area (Å²) in [6.45, 7) is 5.62. The van der Waals surface area contributed by atoms with Gasteiger partial charge in [0.05, 0.1) is 5.69 Å². The lowest BCUT2D eigenvalue weighted by atomic mass is 9.99. The minimum Gasteiger partial charge on any atom is -0.337 e. The van der Waals surface area contributed by atoms with Crippen molar-refractivity contribution in [2.75, 3.05) is 11.9 Å². The van der Waals surface area contributed by atoms with Crippen LogP contribution in [0.3, 0.4) is 0 Å². The fourth-order valence-corrected chi connectivity index (χ4v) is 2.61. The summed E-state index contributed by atoms with van der Waals surface area (Å²) in [5.74, 6) is 0.535. The predicted octanol–water partition coefficient (Wildman–Crippen LogP) is 2.35. The van der Waals surface area contributed by atoms with Crippen LogP contribution in [0.1, 0.15) is 27.9 Å². The molecule has 1 aliphatic heterocycles. The van der Waals surface area contributed by atoms with Gasteiger partial charge in [0.25, 0.3) is 0 Å². The van der Waals surface area contributed by atoms with Crippen LogP contribution in [-0.2, 0) is 13.0 Å². The number of aromatic nitrogens is 2. The molecule has 0 bridgehead atoms. The van der Waals surface area contributed by atoms with Crippen LogP contribution >= 0.6 is 0 Å². The molecule has 0 unspecified atom stereocenters. The molecule has 5 nitrogen and oxygen atoms in total. The van der Waals surface area contributed by atoms with Crippen molar-refractivity contribution in [3.63, 3.8) is 0 Å². The van der Waals surface area contributed by atoms with Gasteiger partial charge in [-0.25, -0.2) is 0 Å². The largest absolute Gasteiger partial charge is 0.337 e. The van der Waals surface area contributed by atoms with Crippen molar-refractivity contribution < 1.29 is 0 Å². The zero-order valence-corrected chi connectivity index (χ0v) is 12.2. The van der Waals surface area contributed by atoms with E-state index in [1.54, 1.807) is 0 Å². The third-order valence-electron chi connectivity index (χ3n) is 3.96. The second-order valence-electron chi connectivity index (χ2n) is 5.24. The molecule has 2 heterocycles. The molecule has 1 aromatic heterocycles. The van der Waals surface area contributed by atoms with Gasteiger partial charge >= 0.3 is 0 Å². The molecular formula is C16H17N5. The maximum Gasteiger partial charge on any atom is 0.171 e. The van der Waals surface area contributed by atoms with Crippen molar-refractivity contribution in [1.29, 1.82) is 5.26 Å². The first-order valence-corrected chi connectivity index (χ1v) is 7.03. The molecule has 0 saturated carbocycles. The molecule has 1 aliphatic rings. The van der Waals surface area contributed by atoms with Crippen LogP contribution in [0.25, 0.3) is 0 Å². The van der Waals surface area contributed by atoms with E-state index in [-0.39, 0.29) is 0 Å². The molecule has 0 atom stereocenters. The van der Waals surface area contributed by atoms with E-state index in [2.05, 4.69) is 33.0 Å². The number of nitrogens with one attached hydrogen (secondary N) is 2. The third kappa shape index (κ3) is 2.46. The highest BCUT2D eigenvalue weighted by Gasteiger charge is 2.15. The summed E-state index contributed by atoms with van der Waals surface area (Å²) in [4.78, 5) is 0. The number of anilines is 2. The average Bonchev–Trinajstić information content (AvgIpc) is 2.52. The topological polar surface area (TPSA) is 73.6 Å². The van der Waals surface area contributed by atoms with E-state index in [0.717, 1.165) is 36.5 Å². The molecule has 106 valence electrons. The molecule has 2 aromatic rings. The van der Waals surface area contributed by atoms with Crippen LogP contribution in [0.2, 0.25) is 0 Å². The maximum absolute atomic E-state index is 9.37. The minimum atomic E-state index is 0.535. The van der Waals surface area contributed by atoms with Gasteiger partial charge in [0, 0.05) is 12.2 Å². The highest BCUT2D eigenvalue weighted by atomic mass is 15.2. The molecule has 0 amide bonds. The highest BCUT2D eigenvalue weighted by Crippen LogP contribution is 2.27. The van der Waals surface area contributed by atoms with E-state index >= 15 is 0 Å². The number of rotatable bonds is 2. The van der Waals surface area contributed by atoms with Crippen molar-refractivity contribution in [1.82, 2.24) is 15.5 Å². The van der Waals surface area contributed by atoms with Gasteiger partial charge in [-0.3, -0.25) is 0 Å². The van der Waals surface area contributed by atoms with Gasteiger partial charge in [-0.05, 0) is 49.6 Å². The highest BCUT2D eigenvalue weighted by molar-refractivity contribution is 5.68. The Balaban J connectivity index is 2.02. The monoisotopic (exact) mass is 279 g/mol. The standard InChI is InChI=1S/C16H17N5/c1-10-11(2)20-21-16(14(10)8-17)19-15-5-3-4-12-9-18-7-6-13(12)15/h3-5,18H,6-7,9H2,1-2H3,(H,19,21). The summed E-state index contributed by atoms with van der Waals surface area (Å²) in [5.41, 5.74) is 5.83. The number of nitrogens with zero attached hydrogens (tertiary/aromatic N) is 3. The van der Waals surface area contributed by atoms with Gasteiger partial charge in [-0.2, -0.15) is 10.4 Å². The minimum absolute atomic E-state index is 0.535. The summed E-state index contributed by atoms with van der Waals surface area (Å²) in [7, 11) is 0. The summed E-state index contributed by atoms with van der Waals surface area (Å²) >= 11 is 0. The van der Waals surface area contributed by atoms with Crippen LogP contribution < -0.4 is 10.6 Å². The van der Waals surface area contributed by atoms with E-state index in [1.165, 1.54) is 11.1 Å².